The van der Waals surface area contributed by atoms with Gasteiger partial charge in [-0.1, -0.05) is 80.1 Å². The Labute approximate surface area is 145 Å². The van der Waals surface area contributed by atoms with Crippen LogP contribution in [-0.2, 0) is 0 Å². The third kappa shape index (κ3) is 12.3. The molecule has 0 nitrogen and oxygen atoms in total. The first-order valence-electron chi connectivity index (χ1n) is 10.0. The van der Waals surface area contributed by atoms with Gasteiger partial charge in [0.1, 0.15) is 0 Å². The predicted molar refractivity (Wildman–Crippen MR) is 112 cm³/mol. The van der Waals surface area contributed by atoms with Gasteiger partial charge in [0.05, 0.1) is 0 Å². The molecule has 0 bridgehead atoms. The summed E-state index contributed by atoms with van der Waals surface area (Å²) >= 11 is 0. The third-order valence-electron chi connectivity index (χ3n) is 4.73. The zero-order valence-electron chi connectivity index (χ0n) is 16.5. The zero-order valence-corrected chi connectivity index (χ0v) is 18.3. The van der Waals surface area contributed by atoms with Crippen LogP contribution in [0.1, 0.15) is 92.9 Å². The van der Waals surface area contributed by atoms with Crippen molar-refractivity contribution >= 4 is 15.8 Å². The molecule has 0 N–H and O–H groups in total. The molecule has 0 fully saturated rings. The standard InChI is InChI=1S/C20H44P2/c1-7-9-11-13-15-21(19(3)4)17-18-22(20(5)6)16-14-12-10-8-2/h19-20H,7-18H2,1-6H3. The lowest BCUT2D eigenvalue weighted by atomic mass is 10.2. The molecule has 0 aromatic heterocycles. The van der Waals surface area contributed by atoms with Crippen molar-refractivity contribution in [1.82, 2.24) is 0 Å². The molecule has 0 aliphatic rings. The van der Waals surface area contributed by atoms with Gasteiger partial charge in [0, 0.05) is 0 Å². The van der Waals surface area contributed by atoms with Crippen molar-refractivity contribution in [3.8, 4) is 0 Å². The van der Waals surface area contributed by atoms with Crippen molar-refractivity contribution in [1.29, 1.82) is 0 Å². The topological polar surface area (TPSA) is 0 Å². The Balaban J connectivity index is 4.09. The molecular formula is C20H44P2. The van der Waals surface area contributed by atoms with Crippen molar-refractivity contribution in [3.05, 3.63) is 0 Å². The Hall–Kier alpha value is 0.860. The molecule has 2 atom stereocenters. The molecule has 0 aromatic rings. The Morgan fingerprint density at radius 2 is 0.864 bits per heavy atom. The lowest BCUT2D eigenvalue weighted by molar-refractivity contribution is 0.702. The smallest absolute Gasteiger partial charge is 0.0266 e. The van der Waals surface area contributed by atoms with E-state index in [4.69, 9.17) is 0 Å². The number of unbranched alkanes of at least 4 members (excludes halogenated alkanes) is 6. The first-order valence-corrected chi connectivity index (χ1v) is 13.6. The van der Waals surface area contributed by atoms with Gasteiger partial charge in [-0.25, -0.2) is 0 Å². The molecule has 0 amide bonds. The van der Waals surface area contributed by atoms with E-state index in [2.05, 4.69) is 41.5 Å². The average molecular weight is 347 g/mol. The molecule has 0 saturated carbocycles. The predicted octanol–water partition coefficient (Wildman–Crippen LogP) is 7.93. The van der Waals surface area contributed by atoms with Gasteiger partial charge in [0.15, 0.2) is 0 Å². The van der Waals surface area contributed by atoms with E-state index in [0.717, 1.165) is 11.3 Å². The lowest BCUT2D eigenvalue weighted by Gasteiger charge is -2.27. The molecule has 134 valence electrons. The van der Waals surface area contributed by atoms with Crippen LogP contribution in [0, 0.1) is 0 Å². The van der Waals surface area contributed by atoms with Crippen molar-refractivity contribution < 1.29 is 0 Å². The highest BCUT2D eigenvalue weighted by molar-refractivity contribution is 7.62. The maximum atomic E-state index is 2.48. The van der Waals surface area contributed by atoms with Crippen molar-refractivity contribution in [3.63, 3.8) is 0 Å². The van der Waals surface area contributed by atoms with E-state index in [1.165, 1.54) is 51.4 Å². The number of rotatable bonds is 15. The van der Waals surface area contributed by atoms with Gasteiger partial charge in [-0.2, -0.15) is 0 Å². The van der Waals surface area contributed by atoms with Crippen LogP contribution in [0.15, 0.2) is 0 Å². The molecule has 0 rings (SSSR count). The van der Waals surface area contributed by atoms with Crippen LogP contribution in [0.3, 0.4) is 0 Å². The molecule has 0 aromatic carbocycles. The van der Waals surface area contributed by atoms with Crippen LogP contribution < -0.4 is 0 Å². The zero-order chi connectivity index (χ0) is 16.8. The highest BCUT2D eigenvalue weighted by Crippen LogP contribution is 2.49. The minimum Gasteiger partial charge on any atom is -0.104 e. The molecule has 0 aliphatic heterocycles. The molecule has 0 radical (unpaired) electrons. The van der Waals surface area contributed by atoms with Gasteiger partial charge in [0.2, 0.25) is 0 Å². The summed E-state index contributed by atoms with van der Waals surface area (Å²) < 4.78 is 0. The summed E-state index contributed by atoms with van der Waals surface area (Å²) in [7, 11) is 0.602. The fraction of sp³-hybridized carbons (Fsp3) is 1.00. The Morgan fingerprint density at radius 1 is 0.500 bits per heavy atom. The minimum absolute atomic E-state index is 0.301. The lowest BCUT2D eigenvalue weighted by Crippen LogP contribution is -2.08. The summed E-state index contributed by atoms with van der Waals surface area (Å²) in [5, 5.41) is 0. The first kappa shape index (κ1) is 22.9. The van der Waals surface area contributed by atoms with Crippen LogP contribution in [0.2, 0.25) is 0 Å². The van der Waals surface area contributed by atoms with Crippen LogP contribution in [-0.4, -0.2) is 36.0 Å². The van der Waals surface area contributed by atoms with Gasteiger partial charge < -0.3 is 0 Å². The molecule has 0 heterocycles. The second-order valence-corrected chi connectivity index (χ2v) is 13.6. The van der Waals surface area contributed by atoms with Crippen LogP contribution in [0.4, 0.5) is 0 Å². The summed E-state index contributed by atoms with van der Waals surface area (Å²) in [6, 6.07) is 0. The van der Waals surface area contributed by atoms with E-state index in [1.54, 1.807) is 24.6 Å². The first-order chi connectivity index (χ1) is 10.5. The molecule has 2 heteroatoms. The monoisotopic (exact) mass is 346 g/mol. The van der Waals surface area contributed by atoms with E-state index in [0.29, 0.717) is 15.8 Å². The highest BCUT2D eigenvalue weighted by atomic mass is 31.1. The summed E-state index contributed by atoms with van der Waals surface area (Å²) in [6.45, 7) is 14.5. The van der Waals surface area contributed by atoms with Crippen molar-refractivity contribution in [2.75, 3.05) is 24.6 Å². The minimum atomic E-state index is 0.301. The van der Waals surface area contributed by atoms with E-state index in [1.807, 2.05) is 0 Å². The van der Waals surface area contributed by atoms with E-state index < -0.39 is 0 Å². The van der Waals surface area contributed by atoms with Crippen molar-refractivity contribution in [2.24, 2.45) is 0 Å². The quantitative estimate of drug-likeness (QED) is 0.209. The van der Waals surface area contributed by atoms with Gasteiger partial charge in [-0.3, -0.25) is 0 Å². The molecule has 0 spiro atoms. The summed E-state index contributed by atoms with van der Waals surface area (Å²) in [6.07, 6.45) is 17.8. The van der Waals surface area contributed by atoms with Crippen LogP contribution in [0.25, 0.3) is 0 Å². The summed E-state index contributed by atoms with van der Waals surface area (Å²) in [4.78, 5) is 0. The highest BCUT2D eigenvalue weighted by Gasteiger charge is 2.17. The van der Waals surface area contributed by atoms with Gasteiger partial charge in [0.25, 0.3) is 0 Å². The number of hydrogen-bond donors (Lipinski definition) is 0. The van der Waals surface area contributed by atoms with E-state index in [-0.39, 0.29) is 0 Å². The normalized spacial score (nSPS) is 14.7. The summed E-state index contributed by atoms with van der Waals surface area (Å²) in [5.74, 6) is 0. The molecular weight excluding hydrogens is 302 g/mol. The van der Waals surface area contributed by atoms with E-state index in [9.17, 15) is 0 Å². The second kappa shape index (κ2) is 15.4. The Bertz CT molecular complexity index is 202. The molecule has 22 heavy (non-hydrogen) atoms. The van der Waals surface area contributed by atoms with Crippen LogP contribution in [0.5, 0.6) is 0 Å². The van der Waals surface area contributed by atoms with Crippen LogP contribution >= 0.6 is 15.8 Å². The maximum absolute atomic E-state index is 2.48. The van der Waals surface area contributed by atoms with E-state index >= 15 is 0 Å². The third-order valence-corrected chi connectivity index (χ3v) is 11.4. The average Bonchev–Trinajstić information content (AvgIpc) is 2.47. The summed E-state index contributed by atoms with van der Waals surface area (Å²) in [5.41, 5.74) is 1.89. The van der Waals surface area contributed by atoms with Gasteiger partial charge in [-0.05, 0) is 48.8 Å². The fourth-order valence-electron chi connectivity index (χ4n) is 3.00. The molecule has 0 saturated heterocycles. The molecule has 2 unspecified atom stereocenters. The molecule has 0 aliphatic carbocycles. The fourth-order valence-corrected chi connectivity index (χ4v) is 8.82. The Kier molecular flexibility index (Phi) is 16.0. The maximum Gasteiger partial charge on any atom is -0.0266 e. The Morgan fingerprint density at radius 3 is 1.14 bits per heavy atom. The second-order valence-electron chi connectivity index (χ2n) is 7.38. The van der Waals surface area contributed by atoms with Gasteiger partial charge in [-0.15, -0.1) is 15.8 Å². The SMILES string of the molecule is CCCCCCP(CCP(CCCCCC)C(C)C)C(C)C. The largest absolute Gasteiger partial charge is 0.104 e. The van der Waals surface area contributed by atoms with Crippen molar-refractivity contribution in [2.45, 2.75) is 104 Å². The van der Waals surface area contributed by atoms with Gasteiger partial charge >= 0.3 is 0 Å². The number of hydrogen-bond acceptors (Lipinski definition) is 0.